The van der Waals surface area contributed by atoms with Crippen LogP contribution in [0.5, 0.6) is 0 Å². The molecule has 0 radical (unpaired) electrons. The van der Waals surface area contributed by atoms with Crippen molar-refractivity contribution < 1.29 is 0 Å². The Morgan fingerprint density at radius 1 is 0.926 bits per heavy atom. The van der Waals surface area contributed by atoms with Crippen LogP contribution in [-0.2, 0) is 6.54 Å². The van der Waals surface area contributed by atoms with Crippen molar-refractivity contribution in [2.45, 2.75) is 6.54 Å². The summed E-state index contributed by atoms with van der Waals surface area (Å²) in [6, 6.07) is 19.6. The molecule has 0 aliphatic heterocycles. The predicted molar refractivity (Wildman–Crippen MR) is 109 cm³/mol. The lowest BCUT2D eigenvalue weighted by Gasteiger charge is -2.12. The maximum absolute atomic E-state index is 12.7. The summed E-state index contributed by atoms with van der Waals surface area (Å²) in [5.41, 5.74) is 3.87. The highest BCUT2D eigenvalue weighted by Crippen LogP contribution is 2.22. The lowest BCUT2D eigenvalue weighted by Crippen LogP contribution is -2.21. The number of fused-ring (bicyclic) bond motifs is 1. The molecule has 2 aromatic heterocycles. The van der Waals surface area contributed by atoms with Gasteiger partial charge in [0.05, 0.1) is 23.8 Å². The molecule has 0 saturated heterocycles. The van der Waals surface area contributed by atoms with Gasteiger partial charge in [-0.15, -0.1) is 0 Å². The number of benzene rings is 2. The van der Waals surface area contributed by atoms with E-state index < -0.39 is 0 Å². The Hall–Kier alpha value is -3.47. The van der Waals surface area contributed by atoms with Gasteiger partial charge in [-0.2, -0.15) is 0 Å². The number of nitrogens with zero attached hydrogens (tertiary/aromatic N) is 4. The van der Waals surface area contributed by atoms with Crippen LogP contribution in [0.4, 0.5) is 5.82 Å². The summed E-state index contributed by atoms with van der Waals surface area (Å²) in [4.78, 5) is 23.5. The van der Waals surface area contributed by atoms with Crippen molar-refractivity contribution in [3.63, 3.8) is 0 Å². The van der Waals surface area contributed by atoms with Crippen LogP contribution in [0.3, 0.4) is 0 Å². The Morgan fingerprint density at radius 2 is 1.78 bits per heavy atom. The van der Waals surface area contributed by atoms with Gasteiger partial charge in [0.25, 0.3) is 5.56 Å². The maximum atomic E-state index is 12.7. The molecule has 0 bridgehead atoms. The van der Waals surface area contributed by atoms with Crippen LogP contribution in [-0.4, -0.2) is 28.6 Å². The fourth-order valence-corrected chi connectivity index (χ4v) is 3.09. The minimum atomic E-state index is -0.0250. The van der Waals surface area contributed by atoms with Crippen molar-refractivity contribution in [1.29, 1.82) is 0 Å². The first kappa shape index (κ1) is 17.0. The molecule has 2 aromatic carbocycles. The molecule has 0 amide bonds. The molecule has 0 atom stereocenters. The van der Waals surface area contributed by atoms with Gasteiger partial charge in [-0.05, 0) is 41.5 Å². The smallest absolute Gasteiger partial charge is 0.261 e. The van der Waals surface area contributed by atoms with Gasteiger partial charge in [0, 0.05) is 25.9 Å². The van der Waals surface area contributed by atoms with Crippen molar-refractivity contribution in [2.75, 3.05) is 19.0 Å². The van der Waals surface area contributed by atoms with E-state index in [4.69, 9.17) is 0 Å². The third-order valence-electron chi connectivity index (χ3n) is 4.55. The molecule has 0 aliphatic carbocycles. The molecule has 5 heteroatoms. The first-order valence-electron chi connectivity index (χ1n) is 8.79. The molecule has 27 heavy (non-hydrogen) atoms. The number of para-hydroxylation sites is 1. The molecule has 0 saturated carbocycles. The summed E-state index contributed by atoms with van der Waals surface area (Å²) >= 11 is 0. The summed E-state index contributed by atoms with van der Waals surface area (Å²) in [5, 5.41) is 0.639. The van der Waals surface area contributed by atoms with E-state index in [0.29, 0.717) is 11.9 Å². The highest BCUT2D eigenvalue weighted by Gasteiger charge is 2.06. The van der Waals surface area contributed by atoms with E-state index in [0.717, 1.165) is 28.0 Å². The first-order valence-corrected chi connectivity index (χ1v) is 8.79. The molecule has 0 N–H and O–H groups in total. The Labute approximate surface area is 157 Å². The van der Waals surface area contributed by atoms with E-state index in [2.05, 4.69) is 28.2 Å². The van der Waals surface area contributed by atoms with E-state index >= 15 is 0 Å². The second-order valence-electron chi connectivity index (χ2n) is 6.69. The first-order chi connectivity index (χ1) is 13.1. The number of pyridine rings is 1. The molecule has 0 aliphatic rings. The second-order valence-corrected chi connectivity index (χ2v) is 6.69. The topological polar surface area (TPSA) is 51.0 Å². The van der Waals surface area contributed by atoms with Crippen LogP contribution in [0.2, 0.25) is 0 Å². The molecule has 0 unspecified atom stereocenters. The predicted octanol–water partition coefficient (Wildman–Crippen LogP) is 3.57. The average molecular weight is 356 g/mol. The number of rotatable bonds is 4. The van der Waals surface area contributed by atoms with Gasteiger partial charge in [0.2, 0.25) is 0 Å². The van der Waals surface area contributed by atoms with E-state index in [1.165, 1.54) is 0 Å². The molecular weight excluding hydrogens is 336 g/mol. The molecule has 2 heterocycles. The van der Waals surface area contributed by atoms with Gasteiger partial charge in [0.1, 0.15) is 5.82 Å². The summed E-state index contributed by atoms with van der Waals surface area (Å²) in [6.45, 7) is 0.480. The van der Waals surface area contributed by atoms with E-state index in [1.54, 1.807) is 10.9 Å². The summed E-state index contributed by atoms with van der Waals surface area (Å²) in [5.74, 6) is 0.920. The third kappa shape index (κ3) is 3.44. The number of anilines is 1. The maximum Gasteiger partial charge on any atom is 0.261 e. The largest absolute Gasteiger partial charge is 0.363 e. The SMILES string of the molecule is CN(C)c1ccc(-c2cccc(Cn3cnc4ccccc4c3=O)c2)cn1. The number of hydrogen-bond donors (Lipinski definition) is 0. The molecule has 4 aromatic rings. The van der Waals surface area contributed by atoms with E-state index in [1.807, 2.05) is 67.7 Å². The fraction of sp³-hybridized carbons (Fsp3) is 0.136. The molecule has 0 spiro atoms. The molecule has 4 rings (SSSR count). The lowest BCUT2D eigenvalue weighted by atomic mass is 10.0. The van der Waals surface area contributed by atoms with Crippen LogP contribution in [0.25, 0.3) is 22.0 Å². The Kier molecular flexibility index (Phi) is 4.42. The Morgan fingerprint density at radius 3 is 2.56 bits per heavy atom. The van der Waals surface area contributed by atoms with E-state index in [-0.39, 0.29) is 5.56 Å². The van der Waals surface area contributed by atoms with Crippen molar-refractivity contribution in [1.82, 2.24) is 14.5 Å². The van der Waals surface area contributed by atoms with Crippen LogP contribution in [0.15, 0.2) is 78.0 Å². The summed E-state index contributed by atoms with van der Waals surface area (Å²) in [7, 11) is 3.94. The quantitative estimate of drug-likeness (QED) is 0.561. The highest BCUT2D eigenvalue weighted by atomic mass is 16.1. The normalized spacial score (nSPS) is 10.9. The molecular formula is C22H20N4O. The van der Waals surface area contributed by atoms with Crippen molar-refractivity contribution in [3.05, 3.63) is 89.1 Å². The van der Waals surface area contributed by atoms with Crippen LogP contribution >= 0.6 is 0 Å². The van der Waals surface area contributed by atoms with Gasteiger partial charge in [-0.3, -0.25) is 9.36 Å². The summed E-state index contributed by atoms with van der Waals surface area (Å²) < 4.78 is 1.65. The zero-order valence-electron chi connectivity index (χ0n) is 15.3. The van der Waals surface area contributed by atoms with Crippen LogP contribution in [0, 0.1) is 0 Å². The third-order valence-corrected chi connectivity index (χ3v) is 4.55. The van der Waals surface area contributed by atoms with Crippen molar-refractivity contribution >= 4 is 16.7 Å². The van der Waals surface area contributed by atoms with E-state index in [9.17, 15) is 4.79 Å². The fourth-order valence-electron chi connectivity index (χ4n) is 3.09. The van der Waals surface area contributed by atoms with Gasteiger partial charge in [-0.25, -0.2) is 9.97 Å². The number of aromatic nitrogens is 3. The van der Waals surface area contributed by atoms with Gasteiger partial charge >= 0.3 is 0 Å². The van der Waals surface area contributed by atoms with Gasteiger partial charge in [-0.1, -0.05) is 30.3 Å². The molecule has 134 valence electrons. The van der Waals surface area contributed by atoms with Crippen molar-refractivity contribution in [3.8, 4) is 11.1 Å². The van der Waals surface area contributed by atoms with Crippen LogP contribution in [0.1, 0.15) is 5.56 Å². The monoisotopic (exact) mass is 356 g/mol. The molecule has 0 fully saturated rings. The van der Waals surface area contributed by atoms with Gasteiger partial charge < -0.3 is 4.90 Å². The standard InChI is InChI=1S/C22H20N4O/c1-25(2)21-11-10-18(13-23-21)17-7-5-6-16(12-17)14-26-15-24-20-9-4-3-8-19(20)22(26)27/h3-13,15H,14H2,1-2H3. The average Bonchev–Trinajstić information content (AvgIpc) is 2.71. The summed E-state index contributed by atoms with van der Waals surface area (Å²) in [6.07, 6.45) is 3.49. The minimum Gasteiger partial charge on any atom is -0.363 e. The Bertz CT molecular complexity index is 1150. The second kappa shape index (κ2) is 7.03. The highest BCUT2D eigenvalue weighted by molar-refractivity contribution is 5.76. The minimum absolute atomic E-state index is 0.0250. The van der Waals surface area contributed by atoms with Crippen LogP contribution < -0.4 is 10.5 Å². The Balaban J connectivity index is 1.65. The number of hydrogen-bond acceptors (Lipinski definition) is 4. The van der Waals surface area contributed by atoms with Crippen molar-refractivity contribution in [2.24, 2.45) is 0 Å². The zero-order valence-corrected chi connectivity index (χ0v) is 15.3. The lowest BCUT2D eigenvalue weighted by molar-refractivity contribution is 0.748. The van der Waals surface area contributed by atoms with Gasteiger partial charge in [0.15, 0.2) is 0 Å². The zero-order chi connectivity index (χ0) is 18.8. The molecule has 5 nitrogen and oxygen atoms in total.